The second-order valence-corrected chi connectivity index (χ2v) is 11.8. The van der Waals surface area contributed by atoms with Crippen molar-refractivity contribution in [3.05, 3.63) is 23.8 Å². The normalized spacial score (nSPS) is 46.0. The fourth-order valence-corrected chi connectivity index (χ4v) is 8.16. The molecule has 8 unspecified atom stereocenters. The van der Waals surface area contributed by atoms with Crippen LogP contribution < -0.4 is 0 Å². The zero-order chi connectivity index (χ0) is 20.1. The average Bonchev–Trinajstić information content (AvgIpc) is 2.99. The summed E-state index contributed by atoms with van der Waals surface area (Å²) in [5, 5.41) is 10.1. The molecule has 0 heterocycles. The van der Waals surface area contributed by atoms with Crippen LogP contribution in [-0.2, 0) is 0 Å². The summed E-state index contributed by atoms with van der Waals surface area (Å²) in [5.41, 5.74) is 2.29. The van der Waals surface area contributed by atoms with Gasteiger partial charge in [0.25, 0.3) is 0 Å². The topological polar surface area (TPSA) is 20.2 Å². The van der Waals surface area contributed by atoms with E-state index in [-0.39, 0.29) is 6.10 Å². The van der Waals surface area contributed by atoms with Crippen LogP contribution in [0.5, 0.6) is 0 Å². The van der Waals surface area contributed by atoms with Crippen LogP contribution in [-0.4, -0.2) is 11.2 Å². The van der Waals surface area contributed by atoms with Gasteiger partial charge in [-0.05, 0) is 90.4 Å². The predicted molar refractivity (Wildman–Crippen MR) is 119 cm³/mol. The van der Waals surface area contributed by atoms with Gasteiger partial charge in [0, 0.05) is 0 Å². The Labute approximate surface area is 174 Å². The standard InChI is InChI=1S/C27H44O/c1-18(2)7-6-8-19(3)23-11-12-24-22-10-9-20-17-21(28)13-15-26(20,4)25(22)14-16-27(23,24)5/h9-10,17-19,21-25,28H,6-8,11-16H2,1-5H3. The van der Waals surface area contributed by atoms with Gasteiger partial charge in [0.05, 0.1) is 6.10 Å². The number of hydrogen-bond donors (Lipinski definition) is 1. The Balaban J connectivity index is 1.52. The first-order valence-corrected chi connectivity index (χ1v) is 12.3. The molecule has 1 N–H and O–H groups in total. The molecule has 4 aliphatic rings. The maximum absolute atomic E-state index is 10.1. The highest BCUT2D eigenvalue weighted by molar-refractivity contribution is 5.36. The summed E-state index contributed by atoms with van der Waals surface area (Å²) in [6.07, 6.45) is 19.0. The van der Waals surface area contributed by atoms with Gasteiger partial charge < -0.3 is 5.11 Å². The van der Waals surface area contributed by atoms with Gasteiger partial charge in [-0.2, -0.15) is 0 Å². The zero-order valence-corrected chi connectivity index (χ0v) is 19.1. The second-order valence-electron chi connectivity index (χ2n) is 11.8. The number of allylic oxidation sites excluding steroid dienone is 3. The second kappa shape index (κ2) is 7.60. The highest BCUT2D eigenvalue weighted by Crippen LogP contribution is 2.66. The Morgan fingerprint density at radius 2 is 1.79 bits per heavy atom. The van der Waals surface area contributed by atoms with E-state index in [1.165, 1.54) is 56.9 Å². The Morgan fingerprint density at radius 3 is 2.54 bits per heavy atom. The van der Waals surface area contributed by atoms with Crippen molar-refractivity contribution in [2.24, 2.45) is 46.3 Å². The van der Waals surface area contributed by atoms with E-state index in [1.807, 2.05) is 0 Å². The van der Waals surface area contributed by atoms with Gasteiger partial charge in [0.2, 0.25) is 0 Å². The zero-order valence-electron chi connectivity index (χ0n) is 19.1. The minimum Gasteiger partial charge on any atom is -0.389 e. The van der Waals surface area contributed by atoms with Gasteiger partial charge in [-0.1, -0.05) is 72.1 Å². The lowest BCUT2D eigenvalue weighted by Crippen LogP contribution is -2.49. The van der Waals surface area contributed by atoms with E-state index in [2.05, 4.69) is 52.8 Å². The molecule has 158 valence electrons. The van der Waals surface area contributed by atoms with Crippen LogP contribution in [0.2, 0.25) is 0 Å². The minimum absolute atomic E-state index is 0.222. The molecular weight excluding hydrogens is 340 g/mol. The summed E-state index contributed by atoms with van der Waals surface area (Å²) in [5.74, 6) is 5.10. The molecule has 0 spiro atoms. The Kier molecular flexibility index (Phi) is 5.62. The third-order valence-corrected chi connectivity index (χ3v) is 9.84. The molecule has 0 bridgehead atoms. The molecule has 4 rings (SSSR count). The van der Waals surface area contributed by atoms with Crippen molar-refractivity contribution >= 4 is 0 Å². The van der Waals surface area contributed by atoms with E-state index in [1.54, 1.807) is 0 Å². The van der Waals surface area contributed by atoms with Crippen LogP contribution in [0.1, 0.15) is 92.4 Å². The van der Waals surface area contributed by atoms with Gasteiger partial charge in [0.1, 0.15) is 0 Å². The minimum atomic E-state index is -0.222. The fraction of sp³-hybridized carbons (Fsp3) is 0.852. The molecule has 0 saturated heterocycles. The molecule has 0 radical (unpaired) electrons. The molecule has 2 fully saturated rings. The van der Waals surface area contributed by atoms with E-state index < -0.39 is 0 Å². The quantitative estimate of drug-likeness (QED) is 0.533. The van der Waals surface area contributed by atoms with Crippen molar-refractivity contribution in [2.45, 2.75) is 98.5 Å². The van der Waals surface area contributed by atoms with Crippen molar-refractivity contribution in [1.29, 1.82) is 0 Å². The van der Waals surface area contributed by atoms with Crippen LogP contribution in [0, 0.1) is 46.3 Å². The van der Waals surface area contributed by atoms with Gasteiger partial charge in [0.15, 0.2) is 0 Å². The van der Waals surface area contributed by atoms with Crippen LogP contribution >= 0.6 is 0 Å². The highest BCUT2D eigenvalue weighted by Gasteiger charge is 2.58. The lowest BCUT2D eigenvalue weighted by Gasteiger charge is -2.57. The number of hydrogen-bond acceptors (Lipinski definition) is 1. The van der Waals surface area contributed by atoms with Crippen molar-refractivity contribution in [3.8, 4) is 0 Å². The molecule has 4 aliphatic carbocycles. The van der Waals surface area contributed by atoms with Crippen molar-refractivity contribution < 1.29 is 5.11 Å². The van der Waals surface area contributed by atoms with E-state index in [0.717, 1.165) is 41.9 Å². The average molecular weight is 385 g/mol. The molecule has 8 atom stereocenters. The Hall–Kier alpha value is -0.560. The maximum Gasteiger partial charge on any atom is 0.0727 e. The number of rotatable bonds is 5. The smallest absolute Gasteiger partial charge is 0.0727 e. The van der Waals surface area contributed by atoms with Crippen molar-refractivity contribution in [2.75, 3.05) is 0 Å². The molecule has 0 aromatic rings. The van der Waals surface area contributed by atoms with Gasteiger partial charge >= 0.3 is 0 Å². The summed E-state index contributed by atoms with van der Waals surface area (Å²) in [7, 11) is 0. The number of aliphatic hydroxyl groups excluding tert-OH is 1. The van der Waals surface area contributed by atoms with Crippen LogP contribution in [0.3, 0.4) is 0 Å². The van der Waals surface area contributed by atoms with Crippen LogP contribution in [0.15, 0.2) is 23.8 Å². The van der Waals surface area contributed by atoms with Gasteiger partial charge in [-0.15, -0.1) is 0 Å². The summed E-state index contributed by atoms with van der Waals surface area (Å²) in [6, 6.07) is 0. The van der Waals surface area contributed by atoms with Crippen molar-refractivity contribution in [3.63, 3.8) is 0 Å². The molecule has 0 aromatic heterocycles. The summed E-state index contributed by atoms with van der Waals surface area (Å²) < 4.78 is 0. The van der Waals surface area contributed by atoms with Crippen molar-refractivity contribution in [1.82, 2.24) is 0 Å². The van der Waals surface area contributed by atoms with Crippen LogP contribution in [0.25, 0.3) is 0 Å². The third-order valence-electron chi connectivity index (χ3n) is 9.84. The SMILES string of the molecule is CC(C)CCCC(C)C1CCC2C3C=CC4=CC(O)CCC4(C)C3CCC12C. The summed E-state index contributed by atoms with van der Waals surface area (Å²) in [4.78, 5) is 0. The van der Waals surface area contributed by atoms with E-state index >= 15 is 0 Å². The highest BCUT2D eigenvalue weighted by atomic mass is 16.3. The Morgan fingerprint density at radius 1 is 1.00 bits per heavy atom. The van der Waals surface area contributed by atoms with Gasteiger partial charge in [-0.3, -0.25) is 0 Å². The molecule has 0 aliphatic heterocycles. The van der Waals surface area contributed by atoms with Crippen LogP contribution in [0.4, 0.5) is 0 Å². The summed E-state index contributed by atoms with van der Waals surface area (Å²) >= 11 is 0. The molecule has 0 amide bonds. The molecular formula is C27H44O. The molecule has 28 heavy (non-hydrogen) atoms. The molecule has 1 nitrogen and oxygen atoms in total. The lowest BCUT2D eigenvalue weighted by molar-refractivity contribution is -0.0300. The molecule has 0 aromatic carbocycles. The summed E-state index contributed by atoms with van der Waals surface area (Å²) in [6.45, 7) is 12.5. The Bertz CT molecular complexity index is 630. The number of aliphatic hydroxyl groups is 1. The lowest BCUT2D eigenvalue weighted by atomic mass is 9.48. The molecule has 2 saturated carbocycles. The first kappa shape index (κ1) is 20.7. The van der Waals surface area contributed by atoms with E-state index in [9.17, 15) is 5.11 Å². The fourth-order valence-electron chi connectivity index (χ4n) is 8.16. The first-order valence-electron chi connectivity index (χ1n) is 12.3. The first-order chi connectivity index (χ1) is 13.3. The largest absolute Gasteiger partial charge is 0.389 e. The molecule has 1 heteroatoms. The van der Waals surface area contributed by atoms with E-state index in [4.69, 9.17) is 0 Å². The predicted octanol–water partition coefficient (Wildman–Crippen LogP) is 7.16. The third kappa shape index (κ3) is 3.34. The maximum atomic E-state index is 10.1. The monoisotopic (exact) mass is 384 g/mol. The number of fused-ring (bicyclic) bond motifs is 5. The van der Waals surface area contributed by atoms with E-state index in [0.29, 0.717) is 10.8 Å². The van der Waals surface area contributed by atoms with Gasteiger partial charge in [-0.25, -0.2) is 0 Å².